The van der Waals surface area contributed by atoms with Crippen molar-refractivity contribution in [2.45, 2.75) is 25.4 Å². The second kappa shape index (κ2) is 5.09. The number of primary amides is 1. The minimum atomic E-state index is -0.528. The van der Waals surface area contributed by atoms with Gasteiger partial charge < -0.3 is 20.2 Å². The van der Waals surface area contributed by atoms with Crippen LogP contribution in [0.5, 0.6) is 5.75 Å². The van der Waals surface area contributed by atoms with Gasteiger partial charge in [0.05, 0.1) is 11.9 Å². The van der Waals surface area contributed by atoms with Crippen LogP contribution in [0.1, 0.15) is 35.8 Å². The first-order chi connectivity index (χ1) is 11.1. The summed E-state index contributed by atoms with van der Waals surface area (Å²) < 4.78 is 11.9. The number of H-pyrrole nitrogens is 1. The van der Waals surface area contributed by atoms with Crippen molar-refractivity contribution >= 4 is 5.91 Å². The Labute approximate surface area is 134 Å². The number of rotatable bonds is 2. The van der Waals surface area contributed by atoms with Crippen molar-refractivity contribution in [3.8, 4) is 17.0 Å². The second-order valence-electron chi connectivity index (χ2n) is 6.30. The third kappa shape index (κ3) is 2.13. The van der Waals surface area contributed by atoms with Gasteiger partial charge in [-0.05, 0) is 31.9 Å². The summed E-state index contributed by atoms with van der Waals surface area (Å²) in [4.78, 5) is 19.0. The Morgan fingerprint density at radius 2 is 2.22 bits per heavy atom. The molecule has 6 nitrogen and oxygen atoms in total. The van der Waals surface area contributed by atoms with E-state index >= 15 is 0 Å². The van der Waals surface area contributed by atoms with E-state index in [0.717, 1.165) is 48.6 Å². The Balaban J connectivity index is 1.89. The molecule has 0 aliphatic carbocycles. The number of aromatic amines is 1. The number of fused-ring (bicyclic) bond motifs is 3. The molecule has 6 heteroatoms. The van der Waals surface area contributed by atoms with Gasteiger partial charge in [-0.15, -0.1) is 0 Å². The van der Waals surface area contributed by atoms with E-state index in [0.29, 0.717) is 11.6 Å². The van der Waals surface area contributed by atoms with Gasteiger partial charge in [-0.1, -0.05) is 0 Å². The summed E-state index contributed by atoms with van der Waals surface area (Å²) in [5.74, 6) is 0.566. The Bertz CT molecular complexity index is 764. The van der Waals surface area contributed by atoms with E-state index in [-0.39, 0.29) is 0 Å². The third-order valence-corrected chi connectivity index (χ3v) is 4.99. The van der Waals surface area contributed by atoms with Gasteiger partial charge in [0.2, 0.25) is 0 Å². The van der Waals surface area contributed by atoms with Crippen LogP contribution in [0.15, 0.2) is 24.5 Å². The van der Waals surface area contributed by atoms with Gasteiger partial charge in [-0.3, -0.25) is 9.78 Å². The number of nitrogens with zero attached hydrogens (tertiary/aromatic N) is 1. The molecule has 0 bridgehead atoms. The van der Waals surface area contributed by atoms with Crippen LogP contribution in [0, 0.1) is 5.92 Å². The van der Waals surface area contributed by atoms with Crippen LogP contribution in [0.25, 0.3) is 11.3 Å². The largest absolute Gasteiger partial charge is 0.480 e. The standard InChI is InChI=1S/C17H19N3O3/c1-17(10-3-6-22-7-4-10)12-8-13(16(18)21)20-15(12)11-2-5-19-9-14(11)23-17/h2,5,8-10,20H,3-4,6-7H2,1H3,(H2,18,21). The summed E-state index contributed by atoms with van der Waals surface area (Å²) >= 11 is 0. The van der Waals surface area contributed by atoms with Crippen molar-refractivity contribution in [3.05, 3.63) is 35.8 Å². The summed E-state index contributed by atoms with van der Waals surface area (Å²) in [6.45, 7) is 3.54. The van der Waals surface area contributed by atoms with Crippen LogP contribution in [0.3, 0.4) is 0 Å². The fourth-order valence-electron chi connectivity index (χ4n) is 3.69. The van der Waals surface area contributed by atoms with E-state index in [1.165, 1.54) is 0 Å². The summed E-state index contributed by atoms with van der Waals surface area (Å²) in [6, 6.07) is 3.72. The first kappa shape index (κ1) is 14.3. The number of carbonyl (C=O) groups excluding carboxylic acids is 1. The van der Waals surface area contributed by atoms with Crippen LogP contribution in [-0.2, 0) is 10.3 Å². The molecule has 2 aliphatic heterocycles. The quantitative estimate of drug-likeness (QED) is 0.889. The lowest BCUT2D eigenvalue weighted by atomic mass is 9.76. The zero-order chi connectivity index (χ0) is 16.0. The van der Waals surface area contributed by atoms with Gasteiger partial charge >= 0.3 is 0 Å². The maximum atomic E-state index is 11.6. The third-order valence-electron chi connectivity index (χ3n) is 4.99. The highest BCUT2D eigenvalue weighted by molar-refractivity contribution is 5.93. The molecular formula is C17H19N3O3. The van der Waals surface area contributed by atoms with Crippen molar-refractivity contribution in [3.63, 3.8) is 0 Å². The topological polar surface area (TPSA) is 90.2 Å². The molecule has 1 atom stereocenters. The number of nitrogens with two attached hydrogens (primary N) is 1. The molecule has 0 aromatic carbocycles. The Kier molecular flexibility index (Phi) is 3.16. The van der Waals surface area contributed by atoms with Gasteiger partial charge in [0.25, 0.3) is 5.91 Å². The lowest BCUT2D eigenvalue weighted by Crippen LogP contribution is -2.42. The second-order valence-corrected chi connectivity index (χ2v) is 6.30. The molecule has 120 valence electrons. The molecule has 23 heavy (non-hydrogen) atoms. The molecule has 2 aromatic heterocycles. The molecule has 1 fully saturated rings. The minimum Gasteiger partial charge on any atom is -0.480 e. The lowest BCUT2D eigenvalue weighted by Gasteiger charge is -2.43. The van der Waals surface area contributed by atoms with E-state index in [9.17, 15) is 4.79 Å². The summed E-state index contributed by atoms with van der Waals surface area (Å²) in [7, 11) is 0. The maximum absolute atomic E-state index is 11.6. The van der Waals surface area contributed by atoms with Crippen LogP contribution >= 0.6 is 0 Å². The number of aromatic nitrogens is 2. The number of carbonyl (C=O) groups is 1. The Morgan fingerprint density at radius 1 is 1.43 bits per heavy atom. The molecule has 1 amide bonds. The highest BCUT2D eigenvalue weighted by Crippen LogP contribution is 2.49. The number of nitrogens with one attached hydrogen (secondary N) is 1. The van der Waals surface area contributed by atoms with Gasteiger partial charge in [0, 0.05) is 36.5 Å². The summed E-state index contributed by atoms with van der Waals surface area (Å²) in [6.07, 6.45) is 5.28. The lowest BCUT2D eigenvalue weighted by molar-refractivity contribution is -0.0419. The molecular weight excluding hydrogens is 294 g/mol. The van der Waals surface area contributed by atoms with Crippen LogP contribution in [0.2, 0.25) is 0 Å². The number of hydrogen-bond donors (Lipinski definition) is 2. The molecule has 1 saturated heterocycles. The van der Waals surface area contributed by atoms with E-state index < -0.39 is 11.5 Å². The number of hydrogen-bond acceptors (Lipinski definition) is 4. The number of ether oxygens (including phenoxy) is 2. The fourth-order valence-corrected chi connectivity index (χ4v) is 3.69. The van der Waals surface area contributed by atoms with Crippen LogP contribution in [0.4, 0.5) is 0 Å². The molecule has 0 saturated carbocycles. The van der Waals surface area contributed by atoms with Crippen molar-refractivity contribution < 1.29 is 14.3 Å². The Morgan fingerprint density at radius 3 is 2.96 bits per heavy atom. The van der Waals surface area contributed by atoms with Crippen LogP contribution in [-0.4, -0.2) is 29.1 Å². The van der Waals surface area contributed by atoms with E-state index in [4.69, 9.17) is 15.2 Å². The maximum Gasteiger partial charge on any atom is 0.265 e. The minimum absolute atomic E-state index is 0.305. The van der Waals surface area contributed by atoms with Crippen LogP contribution < -0.4 is 10.5 Å². The van der Waals surface area contributed by atoms with Gasteiger partial charge in [-0.25, -0.2) is 0 Å². The molecule has 0 spiro atoms. The zero-order valence-corrected chi connectivity index (χ0v) is 13.0. The van der Waals surface area contributed by atoms with Gasteiger partial charge in [0.15, 0.2) is 0 Å². The summed E-state index contributed by atoms with van der Waals surface area (Å²) in [5, 5.41) is 0. The number of amides is 1. The highest BCUT2D eigenvalue weighted by atomic mass is 16.5. The van der Waals surface area contributed by atoms with Gasteiger partial charge in [0.1, 0.15) is 17.0 Å². The van der Waals surface area contributed by atoms with E-state index in [2.05, 4.69) is 16.9 Å². The van der Waals surface area contributed by atoms with E-state index in [1.54, 1.807) is 12.4 Å². The SMILES string of the molecule is CC1(C2CCOCC2)Oc2cnccc2-c2[nH]c(C(N)=O)cc21. The monoisotopic (exact) mass is 313 g/mol. The highest BCUT2D eigenvalue weighted by Gasteiger charge is 2.45. The average Bonchev–Trinajstić information content (AvgIpc) is 3.03. The molecule has 4 heterocycles. The number of pyridine rings is 1. The van der Waals surface area contributed by atoms with Crippen molar-refractivity contribution in [2.24, 2.45) is 11.7 Å². The molecule has 2 aromatic rings. The van der Waals surface area contributed by atoms with Gasteiger partial charge in [-0.2, -0.15) is 0 Å². The summed E-state index contributed by atoms with van der Waals surface area (Å²) in [5.41, 5.74) is 8.14. The fraction of sp³-hybridized carbons (Fsp3) is 0.412. The smallest absolute Gasteiger partial charge is 0.265 e. The first-order valence-electron chi connectivity index (χ1n) is 7.84. The predicted molar refractivity (Wildman–Crippen MR) is 84.1 cm³/mol. The average molecular weight is 313 g/mol. The van der Waals surface area contributed by atoms with Crippen molar-refractivity contribution in [2.75, 3.05) is 13.2 Å². The first-order valence-corrected chi connectivity index (χ1v) is 7.84. The Hall–Kier alpha value is -2.34. The predicted octanol–water partition coefficient (Wildman–Crippen LogP) is 2.21. The normalized spacial score (nSPS) is 23.7. The molecule has 1 unspecified atom stereocenters. The van der Waals surface area contributed by atoms with E-state index in [1.807, 2.05) is 12.1 Å². The molecule has 4 rings (SSSR count). The van der Waals surface area contributed by atoms with Crippen molar-refractivity contribution in [1.82, 2.24) is 9.97 Å². The zero-order valence-electron chi connectivity index (χ0n) is 13.0. The van der Waals surface area contributed by atoms with Crippen molar-refractivity contribution in [1.29, 1.82) is 0 Å². The molecule has 3 N–H and O–H groups in total. The molecule has 0 radical (unpaired) electrons. The molecule has 2 aliphatic rings.